The lowest BCUT2D eigenvalue weighted by Crippen LogP contribution is -2.30. The van der Waals surface area contributed by atoms with Crippen molar-refractivity contribution in [2.24, 2.45) is 0 Å². The molecule has 0 radical (unpaired) electrons. The fourth-order valence-electron chi connectivity index (χ4n) is 2.93. The smallest absolute Gasteiger partial charge is 0.248 e. The number of rotatable bonds is 3. The van der Waals surface area contributed by atoms with Gasteiger partial charge in [0.2, 0.25) is 5.91 Å². The third-order valence-corrected chi connectivity index (χ3v) is 4.24. The summed E-state index contributed by atoms with van der Waals surface area (Å²) in [5.74, 6) is 0.812. The average molecular weight is 319 g/mol. The zero-order valence-electron chi connectivity index (χ0n) is 13.3. The van der Waals surface area contributed by atoms with Crippen LogP contribution in [0.2, 0.25) is 0 Å². The fourth-order valence-corrected chi connectivity index (χ4v) is 2.93. The highest BCUT2D eigenvalue weighted by Gasteiger charge is 2.23. The second kappa shape index (κ2) is 5.85. The van der Waals surface area contributed by atoms with Gasteiger partial charge in [-0.3, -0.25) is 9.48 Å². The van der Waals surface area contributed by atoms with Crippen molar-refractivity contribution in [3.63, 3.8) is 0 Å². The SMILES string of the molecule is CN(C(=O)Cn1ncc2c1-c1ccccc1OC2)c1ccccc1. The Kier molecular flexibility index (Phi) is 3.54. The van der Waals surface area contributed by atoms with E-state index >= 15 is 0 Å². The molecule has 5 heteroatoms. The van der Waals surface area contributed by atoms with E-state index in [1.165, 1.54) is 0 Å². The van der Waals surface area contributed by atoms with Crippen LogP contribution in [0.3, 0.4) is 0 Å². The topological polar surface area (TPSA) is 47.4 Å². The van der Waals surface area contributed by atoms with Crippen LogP contribution < -0.4 is 9.64 Å². The van der Waals surface area contributed by atoms with Gasteiger partial charge >= 0.3 is 0 Å². The number of anilines is 1. The standard InChI is InChI=1S/C19H17N3O2/c1-21(15-7-3-2-4-8-15)18(23)12-22-19-14(11-20-22)13-24-17-10-6-5-9-16(17)19/h2-11H,12-13H2,1H3. The second-order valence-electron chi connectivity index (χ2n) is 5.75. The maximum atomic E-state index is 12.6. The number of carbonyl (C=O) groups excluding carboxylic acids is 1. The number of nitrogens with zero attached hydrogens (tertiary/aromatic N) is 3. The Labute approximate surface area is 140 Å². The summed E-state index contributed by atoms with van der Waals surface area (Å²) >= 11 is 0. The summed E-state index contributed by atoms with van der Waals surface area (Å²) in [7, 11) is 1.78. The Morgan fingerprint density at radius 3 is 2.75 bits per heavy atom. The normalized spacial score (nSPS) is 12.0. The van der Waals surface area contributed by atoms with Crippen LogP contribution in [-0.2, 0) is 17.9 Å². The number of ether oxygens (including phenoxy) is 1. The highest BCUT2D eigenvalue weighted by molar-refractivity contribution is 5.93. The van der Waals surface area contributed by atoms with Gasteiger partial charge in [-0.2, -0.15) is 5.10 Å². The van der Waals surface area contributed by atoms with Crippen molar-refractivity contribution in [1.82, 2.24) is 9.78 Å². The van der Waals surface area contributed by atoms with Gasteiger partial charge in [0.15, 0.2) is 0 Å². The highest BCUT2D eigenvalue weighted by atomic mass is 16.5. The molecule has 120 valence electrons. The van der Waals surface area contributed by atoms with Crippen molar-refractivity contribution in [1.29, 1.82) is 0 Å². The Bertz CT molecular complexity index is 887. The van der Waals surface area contributed by atoms with E-state index in [4.69, 9.17) is 4.74 Å². The molecule has 24 heavy (non-hydrogen) atoms. The Morgan fingerprint density at radius 2 is 1.92 bits per heavy atom. The van der Waals surface area contributed by atoms with Crippen LogP contribution in [0.4, 0.5) is 5.69 Å². The van der Waals surface area contributed by atoms with Gasteiger partial charge in [-0.05, 0) is 24.3 Å². The number of fused-ring (bicyclic) bond motifs is 3. The van der Waals surface area contributed by atoms with Crippen molar-refractivity contribution in [2.45, 2.75) is 13.2 Å². The number of hydrogen-bond acceptors (Lipinski definition) is 3. The molecule has 0 atom stereocenters. The summed E-state index contributed by atoms with van der Waals surface area (Å²) in [6.07, 6.45) is 1.78. The molecular weight excluding hydrogens is 302 g/mol. The summed E-state index contributed by atoms with van der Waals surface area (Å²) < 4.78 is 7.50. The van der Waals surface area contributed by atoms with Crippen LogP contribution in [0.25, 0.3) is 11.3 Å². The number of likely N-dealkylation sites (N-methyl/N-ethyl adjacent to an activating group) is 1. The van der Waals surface area contributed by atoms with Gasteiger partial charge in [-0.1, -0.05) is 30.3 Å². The predicted molar refractivity (Wildman–Crippen MR) is 91.8 cm³/mol. The molecule has 3 aromatic rings. The molecule has 1 aliphatic rings. The molecule has 0 saturated carbocycles. The number of amides is 1. The molecule has 0 N–H and O–H groups in total. The largest absolute Gasteiger partial charge is 0.488 e. The van der Waals surface area contributed by atoms with Gasteiger partial charge in [0, 0.05) is 23.9 Å². The lowest BCUT2D eigenvalue weighted by Gasteiger charge is -2.21. The average Bonchev–Trinajstić information content (AvgIpc) is 3.05. The molecule has 0 aliphatic carbocycles. The van der Waals surface area contributed by atoms with E-state index in [1.807, 2.05) is 54.6 Å². The minimum Gasteiger partial charge on any atom is -0.488 e. The first-order valence-corrected chi connectivity index (χ1v) is 7.82. The van der Waals surface area contributed by atoms with E-state index in [-0.39, 0.29) is 12.5 Å². The molecule has 2 aromatic carbocycles. The molecule has 1 aliphatic heterocycles. The van der Waals surface area contributed by atoms with Gasteiger partial charge in [-0.15, -0.1) is 0 Å². The number of aromatic nitrogens is 2. The van der Waals surface area contributed by atoms with Crippen molar-refractivity contribution in [3.8, 4) is 17.0 Å². The monoisotopic (exact) mass is 319 g/mol. The first kappa shape index (κ1) is 14.5. The fraction of sp³-hybridized carbons (Fsp3) is 0.158. The van der Waals surface area contributed by atoms with E-state index < -0.39 is 0 Å². The zero-order valence-corrected chi connectivity index (χ0v) is 13.3. The third-order valence-electron chi connectivity index (χ3n) is 4.24. The van der Waals surface area contributed by atoms with Crippen LogP contribution >= 0.6 is 0 Å². The summed E-state index contributed by atoms with van der Waals surface area (Å²) in [5, 5.41) is 4.40. The molecular formula is C19H17N3O2. The number of hydrogen-bond donors (Lipinski definition) is 0. The first-order valence-electron chi connectivity index (χ1n) is 7.82. The highest BCUT2D eigenvalue weighted by Crippen LogP contribution is 2.37. The maximum Gasteiger partial charge on any atom is 0.248 e. The molecule has 0 unspecified atom stereocenters. The van der Waals surface area contributed by atoms with E-state index in [0.29, 0.717) is 6.61 Å². The lowest BCUT2D eigenvalue weighted by atomic mass is 10.0. The molecule has 1 amide bonds. The lowest BCUT2D eigenvalue weighted by molar-refractivity contribution is -0.119. The van der Waals surface area contributed by atoms with Crippen molar-refractivity contribution < 1.29 is 9.53 Å². The van der Waals surface area contributed by atoms with E-state index in [0.717, 1.165) is 28.3 Å². The van der Waals surface area contributed by atoms with Crippen LogP contribution in [0, 0.1) is 0 Å². The van der Waals surface area contributed by atoms with E-state index in [1.54, 1.807) is 22.8 Å². The van der Waals surface area contributed by atoms with Gasteiger partial charge in [0.05, 0.1) is 11.9 Å². The summed E-state index contributed by atoms with van der Waals surface area (Å²) in [4.78, 5) is 14.3. The first-order chi connectivity index (χ1) is 11.7. The molecule has 2 heterocycles. The minimum absolute atomic E-state index is 0.0175. The number of benzene rings is 2. The zero-order chi connectivity index (χ0) is 16.5. The van der Waals surface area contributed by atoms with Gasteiger partial charge in [0.1, 0.15) is 18.9 Å². The molecule has 0 fully saturated rings. The summed E-state index contributed by atoms with van der Waals surface area (Å²) in [6.45, 7) is 0.671. The van der Waals surface area contributed by atoms with Crippen LogP contribution in [0.15, 0.2) is 60.8 Å². The van der Waals surface area contributed by atoms with Gasteiger partial charge < -0.3 is 9.64 Å². The molecule has 0 saturated heterocycles. The third kappa shape index (κ3) is 2.44. The number of carbonyl (C=O) groups is 1. The maximum absolute atomic E-state index is 12.6. The molecule has 0 spiro atoms. The van der Waals surface area contributed by atoms with Crippen molar-refractivity contribution in [3.05, 3.63) is 66.4 Å². The van der Waals surface area contributed by atoms with Crippen LogP contribution in [0.1, 0.15) is 5.56 Å². The van der Waals surface area contributed by atoms with Crippen molar-refractivity contribution in [2.75, 3.05) is 11.9 Å². The Hall–Kier alpha value is -3.08. The van der Waals surface area contributed by atoms with Crippen molar-refractivity contribution >= 4 is 11.6 Å². The predicted octanol–water partition coefficient (Wildman–Crippen LogP) is 3.11. The van der Waals surface area contributed by atoms with Crippen LogP contribution in [0.5, 0.6) is 5.75 Å². The van der Waals surface area contributed by atoms with Gasteiger partial charge in [0.25, 0.3) is 0 Å². The molecule has 4 rings (SSSR count). The van der Waals surface area contributed by atoms with Gasteiger partial charge in [-0.25, -0.2) is 0 Å². The summed E-state index contributed by atoms with van der Waals surface area (Å²) in [5.41, 5.74) is 3.81. The molecule has 5 nitrogen and oxygen atoms in total. The Balaban J connectivity index is 1.64. The Morgan fingerprint density at radius 1 is 1.17 bits per heavy atom. The minimum atomic E-state index is -0.0175. The second-order valence-corrected chi connectivity index (χ2v) is 5.75. The molecule has 0 bridgehead atoms. The summed E-state index contributed by atoms with van der Waals surface area (Å²) in [6, 6.07) is 17.4. The van der Waals surface area contributed by atoms with Crippen LogP contribution in [-0.4, -0.2) is 22.7 Å². The van der Waals surface area contributed by atoms with E-state index in [2.05, 4.69) is 5.10 Å². The van der Waals surface area contributed by atoms with E-state index in [9.17, 15) is 4.79 Å². The number of para-hydroxylation sites is 2. The quantitative estimate of drug-likeness (QED) is 0.745. The molecule has 1 aromatic heterocycles.